The third-order valence-corrected chi connectivity index (χ3v) is 3.32. The van der Waals surface area contributed by atoms with Gasteiger partial charge >= 0.3 is 0 Å². The van der Waals surface area contributed by atoms with Gasteiger partial charge in [0.2, 0.25) is 0 Å². The van der Waals surface area contributed by atoms with E-state index in [4.69, 9.17) is 5.73 Å². The number of nitrogens with zero attached hydrogens (tertiary/aromatic N) is 2. The Labute approximate surface area is 97.0 Å². The second-order valence-electron chi connectivity index (χ2n) is 3.53. The molecule has 78 valence electrons. The van der Waals surface area contributed by atoms with Crippen molar-refractivity contribution < 1.29 is 0 Å². The van der Waals surface area contributed by atoms with Gasteiger partial charge in [0.25, 0.3) is 0 Å². The Kier molecular flexibility index (Phi) is 2.52. The summed E-state index contributed by atoms with van der Waals surface area (Å²) < 4.78 is 2.76. The van der Waals surface area contributed by atoms with E-state index in [0.717, 1.165) is 15.6 Å². The molecule has 1 aromatic carbocycles. The number of nitrogen functional groups attached to an aromatic ring is 1. The van der Waals surface area contributed by atoms with E-state index in [1.54, 1.807) is 10.9 Å². The summed E-state index contributed by atoms with van der Waals surface area (Å²) in [5.41, 5.74) is 9.17. The largest absolute Gasteiger partial charge is 0.383 e. The molecule has 15 heavy (non-hydrogen) atoms. The fraction of sp³-hybridized carbons (Fsp3) is 0.182. The van der Waals surface area contributed by atoms with Crippen molar-refractivity contribution in [3.05, 3.63) is 34.4 Å². The third-order valence-electron chi connectivity index (χ3n) is 2.47. The number of hydrogen-bond donors (Lipinski definition) is 1. The standard InChI is InChI=1S/C11H12BrN3/c1-7-3-4-8(5-10(7)12)9-6-14-15(2)11(9)13/h3-6H,13H2,1-2H3. The lowest BCUT2D eigenvalue weighted by Crippen LogP contribution is -1.98. The molecule has 0 saturated carbocycles. The highest BCUT2D eigenvalue weighted by Crippen LogP contribution is 2.28. The number of anilines is 1. The lowest BCUT2D eigenvalue weighted by molar-refractivity contribution is 0.779. The van der Waals surface area contributed by atoms with Gasteiger partial charge in [0.05, 0.1) is 6.20 Å². The lowest BCUT2D eigenvalue weighted by atomic mass is 10.1. The SMILES string of the molecule is Cc1ccc(-c2cnn(C)c2N)cc1Br. The normalized spacial score (nSPS) is 10.6. The Balaban J connectivity index is 2.55. The maximum atomic E-state index is 5.91. The second-order valence-corrected chi connectivity index (χ2v) is 4.39. The van der Waals surface area contributed by atoms with Gasteiger partial charge < -0.3 is 5.73 Å². The summed E-state index contributed by atoms with van der Waals surface area (Å²) in [7, 11) is 1.84. The molecule has 2 rings (SSSR count). The zero-order valence-corrected chi connectivity index (χ0v) is 10.2. The highest BCUT2D eigenvalue weighted by Gasteiger charge is 2.07. The smallest absolute Gasteiger partial charge is 0.129 e. The molecular weight excluding hydrogens is 254 g/mol. The average Bonchev–Trinajstić information content (AvgIpc) is 2.53. The average molecular weight is 266 g/mol. The van der Waals surface area contributed by atoms with Crippen LogP contribution in [0.5, 0.6) is 0 Å². The Morgan fingerprint density at radius 2 is 2.13 bits per heavy atom. The first kappa shape index (κ1) is 10.2. The molecule has 0 amide bonds. The summed E-state index contributed by atoms with van der Waals surface area (Å²) >= 11 is 3.51. The minimum atomic E-state index is 0.686. The van der Waals surface area contributed by atoms with Crippen molar-refractivity contribution in [2.75, 3.05) is 5.73 Å². The molecule has 0 atom stereocenters. The molecule has 0 radical (unpaired) electrons. The van der Waals surface area contributed by atoms with Crippen LogP contribution in [0.15, 0.2) is 28.9 Å². The second kappa shape index (κ2) is 3.70. The van der Waals surface area contributed by atoms with Crippen molar-refractivity contribution in [1.82, 2.24) is 9.78 Å². The van der Waals surface area contributed by atoms with E-state index in [1.165, 1.54) is 5.56 Å². The molecule has 0 aliphatic carbocycles. The molecule has 0 spiro atoms. The van der Waals surface area contributed by atoms with E-state index in [2.05, 4.69) is 40.1 Å². The highest BCUT2D eigenvalue weighted by atomic mass is 79.9. The van der Waals surface area contributed by atoms with Gasteiger partial charge in [-0.1, -0.05) is 28.1 Å². The molecule has 4 heteroatoms. The lowest BCUT2D eigenvalue weighted by Gasteiger charge is -2.03. The first-order valence-corrected chi connectivity index (χ1v) is 5.43. The number of aromatic nitrogens is 2. The Morgan fingerprint density at radius 1 is 1.40 bits per heavy atom. The van der Waals surface area contributed by atoms with E-state index >= 15 is 0 Å². The van der Waals surface area contributed by atoms with Crippen LogP contribution < -0.4 is 5.73 Å². The first-order chi connectivity index (χ1) is 7.09. The van der Waals surface area contributed by atoms with Gasteiger partial charge in [0.15, 0.2) is 0 Å². The number of hydrogen-bond acceptors (Lipinski definition) is 2. The van der Waals surface area contributed by atoms with E-state index in [0.29, 0.717) is 5.82 Å². The Morgan fingerprint density at radius 3 is 2.67 bits per heavy atom. The molecule has 0 aliphatic heterocycles. The summed E-state index contributed by atoms with van der Waals surface area (Å²) in [5, 5.41) is 4.12. The van der Waals surface area contributed by atoms with Gasteiger partial charge in [-0.3, -0.25) is 4.68 Å². The quantitative estimate of drug-likeness (QED) is 0.862. The van der Waals surface area contributed by atoms with Crippen LogP contribution in [0.2, 0.25) is 0 Å². The van der Waals surface area contributed by atoms with Gasteiger partial charge in [-0.15, -0.1) is 0 Å². The maximum absolute atomic E-state index is 5.91. The zero-order valence-electron chi connectivity index (χ0n) is 8.66. The monoisotopic (exact) mass is 265 g/mol. The van der Waals surface area contributed by atoms with Crippen molar-refractivity contribution in [2.24, 2.45) is 7.05 Å². The molecule has 1 heterocycles. The van der Waals surface area contributed by atoms with Crippen molar-refractivity contribution >= 4 is 21.7 Å². The molecular formula is C11H12BrN3. The first-order valence-electron chi connectivity index (χ1n) is 4.63. The summed E-state index contributed by atoms with van der Waals surface area (Å²) in [4.78, 5) is 0. The highest BCUT2D eigenvalue weighted by molar-refractivity contribution is 9.10. The molecule has 0 unspecified atom stereocenters. The van der Waals surface area contributed by atoms with Crippen LogP contribution in [0.25, 0.3) is 11.1 Å². The van der Waals surface area contributed by atoms with Crippen LogP contribution in [0.4, 0.5) is 5.82 Å². The number of nitrogens with two attached hydrogens (primary N) is 1. The molecule has 2 aromatic rings. The van der Waals surface area contributed by atoms with Crippen LogP contribution >= 0.6 is 15.9 Å². The van der Waals surface area contributed by atoms with E-state index in [9.17, 15) is 0 Å². The molecule has 0 fully saturated rings. The van der Waals surface area contributed by atoms with Crippen molar-refractivity contribution in [2.45, 2.75) is 6.92 Å². The molecule has 0 bridgehead atoms. The van der Waals surface area contributed by atoms with Gasteiger partial charge in [0.1, 0.15) is 5.82 Å². The van der Waals surface area contributed by atoms with Gasteiger partial charge in [-0.25, -0.2) is 0 Å². The van der Waals surface area contributed by atoms with Crippen molar-refractivity contribution in [1.29, 1.82) is 0 Å². The van der Waals surface area contributed by atoms with E-state index in [-0.39, 0.29) is 0 Å². The third kappa shape index (κ3) is 1.77. The molecule has 3 nitrogen and oxygen atoms in total. The predicted molar refractivity (Wildman–Crippen MR) is 65.5 cm³/mol. The van der Waals surface area contributed by atoms with E-state index in [1.807, 2.05) is 13.1 Å². The fourth-order valence-corrected chi connectivity index (χ4v) is 1.81. The molecule has 1 aromatic heterocycles. The minimum absolute atomic E-state index is 0.686. The van der Waals surface area contributed by atoms with Crippen LogP contribution in [0.3, 0.4) is 0 Å². The van der Waals surface area contributed by atoms with Crippen molar-refractivity contribution in [3.63, 3.8) is 0 Å². The summed E-state index contributed by atoms with van der Waals surface area (Å²) in [6.45, 7) is 2.06. The number of halogens is 1. The van der Waals surface area contributed by atoms with Crippen LogP contribution in [0.1, 0.15) is 5.56 Å². The summed E-state index contributed by atoms with van der Waals surface area (Å²) in [5.74, 6) is 0.686. The minimum Gasteiger partial charge on any atom is -0.383 e. The summed E-state index contributed by atoms with van der Waals surface area (Å²) in [6.07, 6.45) is 1.78. The van der Waals surface area contributed by atoms with Gasteiger partial charge in [-0.05, 0) is 24.1 Å². The Hall–Kier alpha value is -1.29. The Bertz CT molecular complexity index is 503. The maximum Gasteiger partial charge on any atom is 0.129 e. The van der Waals surface area contributed by atoms with Gasteiger partial charge in [-0.2, -0.15) is 5.10 Å². The number of rotatable bonds is 1. The number of benzene rings is 1. The molecule has 2 N–H and O–H groups in total. The predicted octanol–water partition coefficient (Wildman–Crippen LogP) is 2.74. The van der Waals surface area contributed by atoms with Crippen LogP contribution in [-0.4, -0.2) is 9.78 Å². The van der Waals surface area contributed by atoms with Crippen LogP contribution in [0, 0.1) is 6.92 Å². The fourth-order valence-electron chi connectivity index (χ4n) is 1.43. The number of aryl methyl sites for hydroxylation is 2. The zero-order chi connectivity index (χ0) is 11.0. The summed E-state index contributed by atoms with van der Waals surface area (Å²) in [6, 6.07) is 6.17. The molecule has 0 aliphatic rings. The van der Waals surface area contributed by atoms with Crippen molar-refractivity contribution in [3.8, 4) is 11.1 Å². The molecule has 0 saturated heterocycles. The van der Waals surface area contributed by atoms with Gasteiger partial charge in [0, 0.05) is 17.1 Å². The van der Waals surface area contributed by atoms with Crippen LogP contribution in [-0.2, 0) is 7.05 Å². The topological polar surface area (TPSA) is 43.8 Å². The van der Waals surface area contributed by atoms with E-state index < -0.39 is 0 Å².